The highest BCUT2D eigenvalue weighted by atomic mass is 35.5. The minimum atomic E-state index is -0.197. The number of nitrogens with one attached hydrogen (secondary N) is 1. The predicted molar refractivity (Wildman–Crippen MR) is 133 cm³/mol. The standard InChI is InChI=1S/C27H29ClN4O2/c28-20-12-14-22(15-13-20)32-24-10-3-1-2-9-23(24)26(30-32)27(34)29-21-8-6-7-19(17-21)18-31-16-5-4-11-25(31)33/h6-8,12-15,17H,1-5,9-11,16,18H2,(H,29,34). The normalized spacial score (nSPS) is 16.1. The molecule has 2 amide bonds. The Morgan fingerprint density at radius 3 is 2.59 bits per heavy atom. The molecule has 6 nitrogen and oxygen atoms in total. The van der Waals surface area contributed by atoms with Crippen molar-refractivity contribution in [1.29, 1.82) is 0 Å². The number of carbonyl (C=O) groups excluding carboxylic acids is 2. The zero-order valence-corrected chi connectivity index (χ0v) is 20.0. The van der Waals surface area contributed by atoms with Gasteiger partial charge in [-0.3, -0.25) is 9.59 Å². The minimum absolute atomic E-state index is 0.197. The molecular formula is C27H29ClN4O2. The molecule has 0 spiro atoms. The summed E-state index contributed by atoms with van der Waals surface area (Å²) in [4.78, 5) is 27.5. The van der Waals surface area contributed by atoms with E-state index in [-0.39, 0.29) is 11.8 Å². The van der Waals surface area contributed by atoms with Crippen LogP contribution in [0, 0.1) is 0 Å². The smallest absolute Gasteiger partial charge is 0.276 e. The van der Waals surface area contributed by atoms with Crippen molar-refractivity contribution >= 4 is 29.1 Å². The number of fused-ring (bicyclic) bond motifs is 1. The highest BCUT2D eigenvalue weighted by molar-refractivity contribution is 6.30. The first kappa shape index (κ1) is 22.7. The molecule has 2 aliphatic rings. The average molecular weight is 477 g/mol. The summed E-state index contributed by atoms with van der Waals surface area (Å²) in [7, 11) is 0. The number of amides is 2. The lowest BCUT2D eigenvalue weighted by molar-refractivity contribution is -0.133. The fourth-order valence-corrected chi connectivity index (χ4v) is 5.07. The van der Waals surface area contributed by atoms with Crippen LogP contribution >= 0.6 is 11.6 Å². The quantitative estimate of drug-likeness (QED) is 0.490. The highest BCUT2D eigenvalue weighted by Gasteiger charge is 2.25. The van der Waals surface area contributed by atoms with E-state index in [0.29, 0.717) is 23.7 Å². The number of anilines is 1. The van der Waals surface area contributed by atoms with E-state index in [4.69, 9.17) is 16.7 Å². The van der Waals surface area contributed by atoms with Crippen molar-refractivity contribution in [3.63, 3.8) is 0 Å². The molecule has 2 aromatic carbocycles. The second-order valence-corrected chi connectivity index (χ2v) is 9.59. The SMILES string of the molecule is O=C(Nc1cccc(CN2CCCCC2=O)c1)c1nn(-c2ccc(Cl)cc2)c2c1CCCCC2. The number of hydrogen-bond donors (Lipinski definition) is 1. The molecule has 3 aromatic rings. The molecule has 1 N–H and O–H groups in total. The molecule has 2 heterocycles. The first-order valence-corrected chi connectivity index (χ1v) is 12.5. The molecule has 0 atom stereocenters. The van der Waals surface area contributed by atoms with E-state index in [0.717, 1.165) is 79.7 Å². The first-order chi connectivity index (χ1) is 16.6. The second kappa shape index (κ2) is 10.0. The van der Waals surface area contributed by atoms with E-state index in [1.54, 1.807) is 0 Å². The van der Waals surface area contributed by atoms with E-state index in [1.165, 1.54) is 0 Å². The van der Waals surface area contributed by atoms with Crippen molar-refractivity contribution < 1.29 is 9.59 Å². The first-order valence-electron chi connectivity index (χ1n) is 12.1. The maximum Gasteiger partial charge on any atom is 0.276 e. The third-order valence-corrected chi connectivity index (χ3v) is 6.95. The van der Waals surface area contributed by atoms with Gasteiger partial charge in [0.05, 0.1) is 5.69 Å². The molecule has 1 fully saturated rings. The van der Waals surface area contributed by atoms with Crippen LogP contribution in [0.25, 0.3) is 5.69 Å². The summed E-state index contributed by atoms with van der Waals surface area (Å²) in [6, 6.07) is 15.3. The number of nitrogens with zero attached hydrogens (tertiary/aromatic N) is 3. The lowest BCUT2D eigenvalue weighted by atomic mass is 10.1. The molecule has 1 aromatic heterocycles. The van der Waals surface area contributed by atoms with Gasteiger partial charge < -0.3 is 10.2 Å². The molecule has 1 saturated heterocycles. The van der Waals surface area contributed by atoms with Gasteiger partial charge in [0.2, 0.25) is 5.91 Å². The van der Waals surface area contributed by atoms with Crippen LogP contribution in [0.4, 0.5) is 5.69 Å². The Hall–Kier alpha value is -3.12. The summed E-state index contributed by atoms with van der Waals surface area (Å²) in [6.45, 7) is 1.37. The van der Waals surface area contributed by atoms with Gasteiger partial charge in [-0.05, 0) is 80.5 Å². The highest BCUT2D eigenvalue weighted by Crippen LogP contribution is 2.28. The molecule has 7 heteroatoms. The molecule has 0 radical (unpaired) electrons. The Balaban J connectivity index is 1.39. The van der Waals surface area contributed by atoms with Crippen molar-refractivity contribution in [3.05, 3.63) is 76.1 Å². The van der Waals surface area contributed by atoms with Crippen LogP contribution in [-0.2, 0) is 24.2 Å². The Labute approximate surface area is 204 Å². The van der Waals surface area contributed by atoms with Crippen LogP contribution in [-0.4, -0.2) is 33.0 Å². The van der Waals surface area contributed by atoms with E-state index in [2.05, 4.69) is 5.32 Å². The van der Waals surface area contributed by atoms with E-state index < -0.39 is 0 Å². The fourth-order valence-electron chi connectivity index (χ4n) is 4.94. The summed E-state index contributed by atoms with van der Waals surface area (Å²) < 4.78 is 1.91. The Morgan fingerprint density at radius 1 is 0.971 bits per heavy atom. The summed E-state index contributed by atoms with van der Waals surface area (Å²) in [5.74, 6) is 0.00758. The Bertz CT molecular complexity index is 1200. The van der Waals surface area contributed by atoms with Crippen molar-refractivity contribution in [2.24, 2.45) is 0 Å². The average Bonchev–Trinajstić information content (AvgIpc) is 3.02. The summed E-state index contributed by atoms with van der Waals surface area (Å²) in [5, 5.41) is 8.49. The molecule has 0 saturated carbocycles. The van der Waals surface area contributed by atoms with E-state index in [1.807, 2.05) is 58.1 Å². The molecule has 1 aliphatic carbocycles. The molecule has 0 bridgehead atoms. The van der Waals surface area contributed by atoms with Crippen LogP contribution in [0.3, 0.4) is 0 Å². The zero-order valence-electron chi connectivity index (χ0n) is 19.2. The lowest BCUT2D eigenvalue weighted by Gasteiger charge is -2.26. The zero-order chi connectivity index (χ0) is 23.5. The van der Waals surface area contributed by atoms with Crippen molar-refractivity contribution in [2.75, 3.05) is 11.9 Å². The number of benzene rings is 2. The number of aromatic nitrogens is 2. The van der Waals surface area contributed by atoms with Gasteiger partial charge >= 0.3 is 0 Å². The van der Waals surface area contributed by atoms with Gasteiger partial charge in [0.1, 0.15) is 0 Å². The number of piperidine rings is 1. The van der Waals surface area contributed by atoms with Crippen LogP contribution < -0.4 is 5.32 Å². The van der Waals surface area contributed by atoms with Crippen LogP contribution in [0.1, 0.15) is 65.8 Å². The van der Waals surface area contributed by atoms with Gasteiger partial charge in [-0.2, -0.15) is 5.10 Å². The van der Waals surface area contributed by atoms with Gasteiger partial charge in [-0.25, -0.2) is 4.68 Å². The topological polar surface area (TPSA) is 67.2 Å². The van der Waals surface area contributed by atoms with Crippen LogP contribution in [0.2, 0.25) is 5.02 Å². The third kappa shape index (κ3) is 4.87. The number of carbonyl (C=O) groups is 2. The predicted octanol–water partition coefficient (Wildman–Crippen LogP) is 5.56. The lowest BCUT2D eigenvalue weighted by Crippen LogP contribution is -2.34. The Morgan fingerprint density at radius 2 is 1.76 bits per heavy atom. The van der Waals surface area contributed by atoms with Gasteiger partial charge in [0.25, 0.3) is 5.91 Å². The summed E-state index contributed by atoms with van der Waals surface area (Å²) >= 11 is 6.08. The van der Waals surface area contributed by atoms with E-state index >= 15 is 0 Å². The van der Waals surface area contributed by atoms with Crippen molar-refractivity contribution in [3.8, 4) is 5.69 Å². The molecule has 176 valence electrons. The molecule has 5 rings (SSSR count). The number of halogens is 1. The Kier molecular flexibility index (Phi) is 6.68. The van der Waals surface area contributed by atoms with Gasteiger partial charge in [-0.15, -0.1) is 0 Å². The summed E-state index contributed by atoms with van der Waals surface area (Å²) in [5.41, 5.74) is 5.29. The van der Waals surface area contributed by atoms with E-state index in [9.17, 15) is 9.59 Å². The van der Waals surface area contributed by atoms with Crippen molar-refractivity contribution in [1.82, 2.24) is 14.7 Å². The third-order valence-electron chi connectivity index (χ3n) is 6.70. The molecule has 1 aliphatic heterocycles. The maximum absolute atomic E-state index is 13.4. The van der Waals surface area contributed by atoms with Crippen LogP contribution in [0.15, 0.2) is 48.5 Å². The van der Waals surface area contributed by atoms with Gasteiger partial charge in [0.15, 0.2) is 5.69 Å². The van der Waals surface area contributed by atoms with Crippen molar-refractivity contribution in [2.45, 2.75) is 57.9 Å². The van der Waals surface area contributed by atoms with Crippen LogP contribution in [0.5, 0.6) is 0 Å². The monoisotopic (exact) mass is 476 g/mol. The number of likely N-dealkylation sites (tertiary alicyclic amines) is 1. The molecule has 34 heavy (non-hydrogen) atoms. The van der Waals surface area contributed by atoms with Gasteiger partial charge in [0, 0.05) is 41.5 Å². The molecule has 0 unspecified atom stereocenters. The summed E-state index contributed by atoms with van der Waals surface area (Å²) in [6.07, 6.45) is 7.68. The maximum atomic E-state index is 13.4. The number of hydrogen-bond acceptors (Lipinski definition) is 3. The minimum Gasteiger partial charge on any atom is -0.338 e. The largest absolute Gasteiger partial charge is 0.338 e. The number of rotatable bonds is 5. The van der Waals surface area contributed by atoms with Gasteiger partial charge in [-0.1, -0.05) is 30.2 Å². The second-order valence-electron chi connectivity index (χ2n) is 9.15. The fraction of sp³-hybridized carbons (Fsp3) is 0.370. The molecular weight excluding hydrogens is 448 g/mol.